The number of hydrogen-bond donors (Lipinski definition) is 1. The molecule has 2 aromatic carbocycles. The minimum absolute atomic E-state index is 0.0194. The van der Waals surface area contributed by atoms with Crippen molar-refractivity contribution in [1.82, 2.24) is 4.90 Å². The monoisotopic (exact) mass is 362 g/mol. The zero-order valence-corrected chi connectivity index (χ0v) is 14.6. The maximum atomic E-state index is 13.9. The van der Waals surface area contributed by atoms with Gasteiger partial charge in [0.1, 0.15) is 24.8 Å². The highest BCUT2D eigenvalue weighted by Gasteiger charge is 2.19. The van der Waals surface area contributed by atoms with Crippen LogP contribution in [-0.2, 0) is 4.79 Å². The number of amides is 1. The summed E-state index contributed by atoms with van der Waals surface area (Å²) in [7, 11) is 1.68. The van der Waals surface area contributed by atoms with Crippen molar-refractivity contribution in [2.75, 3.05) is 32.1 Å². The second-order valence-electron chi connectivity index (χ2n) is 6.16. The topological polar surface area (TPSA) is 50.8 Å². The number of benzene rings is 2. The molecule has 2 aromatic rings. The quantitative estimate of drug-likeness (QED) is 0.886. The molecule has 3 rings (SSSR count). The molecule has 0 bridgehead atoms. The standard InChI is InChI=1S/C19H20F2N2O3/c1-12(15-9-13(20)3-5-16(15)21)23(2)11-19(24)22-14-4-6-17-18(10-14)26-8-7-25-17/h3-6,9-10,12H,7-8,11H2,1-2H3,(H,22,24). The predicted octanol–water partition coefficient (Wildman–Crippen LogP) is 3.37. The number of fused-ring (bicyclic) bond motifs is 1. The number of hydrogen-bond acceptors (Lipinski definition) is 4. The number of rotatable bonds is 5. The molecule has 0 spiro atoms. The Morgan fingerprint density at radius 2 is 1.88 bits per heavy atom. The average Bonchev–Trinajstić information content (AvgIpc) is 2.63. The van der Waals surface area contributed by atoms with Gasteiger partial charge in [0, 0.05) is 23.4 Å². The van der Waals surface area contributed by atoms with E-state index in [-0.39, 0.29) is 18.0 Å². The van der Waals surface area contributed by atoms with Gasteiger partial charge in [-0.15, -0.1) is 0 Å². The van der Waals surface area contributed by atoms with Crippen molar-refractivity contribution in [2.45, 2.75) is 13.0 Å². The number of nitrogens with zero attached hydrogens (tertiary/aromatic N) is 1. The first-order valence-corrected chi connectivity index (χ1v) is 8.28. The molecule has 1 aliphatic rings. The summed E-state index contributed by atoms with van der Waals surface area (Å²) in [5.41, 5.74) is 0.789. The fraction of sp³-hybridized carbons (Fsp3) is 0.316. The van der Waals surface area contributed by atoms with Crippen LogP contribution in [0.4, 0.5) is 14.5 Å². The lowest BCUT2D eigenvalue weighted by Crippen LogP contribution is -2.32. The van der Waals surface area contributed by atoms with Gasteiger partial charge in [-0.1, -0.05) is 0 Å². The van der Waals surface area contributed by atoms with Crippen molar-refractivity contribution in [1.29, 1.82) is 0 Å². The van der Waals surface area contributed by atoms with Crippen LogP contribution in [0, 0.1) is 11.6 Å². The number of likely N-dealkylation sites (N-methyl/N-ethyl adjacent to an activating group) is 1. The van der Waals surface area contributed by atoms with Gasteiger partial charge in [0.05, 0.1) is 6.54 Å². The Morgan fingerprint density at radius 3 is 2.65 bits per heavy atom. The van der Waals surface area contributed by atoms with Crippen LogP contribution < -0.4 is 14.8 Å². The molecule has 7 heteroatoms. The molecule has 0 aromatic heterocycles. The van der Waals surface area contributed by atoms with Crippen LogP contribution in [0.2, 0.25) is 0 Å². The molecule has 1 amide bonds. The number of carbonyl (C=O) groups excluding carboxylic acids is 1. The van der Waals surface area contributed by atoms with Gasteiger partial charge >= 0.3 is 0 Å². The highest BCUT2D eigenvalue weighted by atomic mass is 19.1. The molecule has 1 atom stereocenters. The van der Waals surface area contributed by atoms with E-state index in [1.807, 2.05) is 0 Å². The largest absolute Gasteiger partial charge is 0.486 e. The van der Waals surface area contributed by atoms with E-state index in [1.54, 1.807) is 37.1 Å². The SMILES string of the molecule is CC(c1cc(F)ccc1F)N(C)CC(=O)Nc1ccc2c(c1)OCCO2. The van der Waals surface area contributed by atoms with Gasteiger partial charge in [-0.3, -0.25) is 9.69 Å². The van der Waals surface area contributed by atoms with Crippen LogP contribution >= 0.6 is 0 Å². The van der Waals surface area contributed by atoms with E-state index in [0.29, 0.717) is 30.4 Å². The Morgan fingerprint density at radius 1 is 1.15 bits per heavy atom. The van der Waals surface area contributed by atoms with E-state index in [2.05, 4.69) is 5.32 Å². The third-order valence-corrected chi connectivity index (χ3v) is 4.29. The van der Waals surface area contributed by atoms with Crippen LogP contribution in [-0.4, -0.2) is 37.6 Å². The molecule has 5 nitrogen and oxygen atoms in total. The summed E-state index contributed by atoms with van der Waals surface area (Å²) >= 11 is 0. The third-order valence-electron chi connectivity index (χ3n) is 4.29. The minimum atomic E-state index is -0.512. The molecule has 0 aliphatic carbocycles. The normalized spacial score (nSPS) is 14.2. The van der Waals surface area contributed by atoms with Crippen molar-refractivity contribution in [3.05, 3.63) is 53.6 Å². The maximum Gasteiger partial charge on any atom is 0.238 e. The first kappa shape index (κ1) is 18.1. The van der Waals surface area contributed by atoms with Crippen LogP contribution in [0.25, 0.3) is 0 Å². The van der Waals surface area contributed by atoms with Crippen molar-refractivity contribution < 1.29 is 23.0 Å². The number of carbonyl (C=O) groups is 1. The number of nitrogens with one attached hydrogen (secondary N) is 1. The van der Waals surface area contributed by atoms with Crippen molar-refractivity contribution in [3.8, 4) is 11.5 Å². The molecular formula is C19H20F2N2O3. The van der Waals surface area contributed by atoms with E-state index in [4.69, 9.17) is 9.47 Å². The molecule has 0 radical (unpaired) electrons. The smallest absolute Gasteiger partial charge is 0.238 e. The molecule has 138 valence electrons. The molecule has 1 heterocycles. The summed E-state index contributed by atoms with van der Waals surface area (Å²) in [5, 5.41) is 2.77. The molecule has 26 heavy (non-hydrogen) atoms. The summed E-state index contributed by atoms with van der Waals surface area (Å²) in [5.74, 6) is -0.0626. The summed E-state index contributed by atoms with van der Waals surface area (Å²) in [4.78, 5) is 13.9. The Labute approximate surface area is 150 Å². The first-order chi connectivity index (χ1) is 12.4. The summed E-state index contributed by atoms with van der Waals surface area (Å²) in [6, 6.07) is 8.00. The maximum absolute atomic E-state index is 13.9. The lowest BCUT2D eigenvalue weighted by Gasteiger charge is -2.25. The highest BCUT2D eigenvalue weighted by molar-refractivity contribution is 5.92. The van der Waals surface area contributed by atoms with Gasteiger partial charge in [-0.25, -0.2) is 8.78 Å². The molecule has 1 N–H and O–H groups in total. The third kappa shape index (κ3) is 4.11. The summed E-state index contributed by atoms with van der Waals surface area (Å²) < 4.78 is 38.2. The lowest BCUT2D eigenvalue weighted by atomic mass is 10.1. The Balaban J connectivity index is 1.63. The van der Waals surface area contributed by atoms with Crippen molar-refractivity contribution in [3.63, 3.8) is 0 Å². The van der Waals surface area contributed by atoms with Crippen LogP contribution in [0.1, 0.15) is 18.5 Å². The van der Waals surface area contributed by atoms with Crippen LogP contribution in [0.3, 0.4) is 0 Å². The zero-order valence-electron chi connectivity index (χ0n) is 14.6. The minimum Gasteiger partial charge on any atom is -0.486 e. The number of halogens is 2. The molecular weight excluding hydrogens is 342 g/mol. The van der Waals surface area contributed by atoms with Gasteiger partial charge in [-0.2, -0.15) is 0 Å². The molecule has 0 saturated heterocycles. The first-order valence-electron chi connectivity index (χ1n) is 8.28. The van der Waals surface area contributed by atoms with Gasteiger partial charge in [0.2, 0.25) is 5.91 Å². The predicted molar refractivity (Wildman–Crippen MR) is 93.5 cm³/mol. The molecule has 1 unspecified atom stereocenters. The highest BCUT2D eigenvalue weighted by Crippen LogP contribution is 2.32. The fourth-order valence-corrected chi connectivity index (χ4v) is 2.76. The van der Waals surface area contributed by atoms with Crippen molar-refractivity contribution in [2.24, 2.45) is 0 Å². The molecule has 0 saturated carbocycles. The van der Waals surface area contributed by atoms with E-state index < -0.39 is 17.7 Å². The van der Waals surface area contributed by atoms with Crippen LogP contribution in [0.5, 0.6) is 11.5 Å². The van der Waals surface area contributed by atoms with Crippen molar-refractivity contribution >= 4 is 11.6 Å². The summed E-state index contributed by atoms with van der Waals surface area (Å²) in [6.45, 7) is 2.70. The van der Waals surface area contributed by atoms with E-state index in [9.17, 15) is 13.6 Å². The molecule has 0 fully saturated rings. The van der Waals surface area contributed by atoms with Gasteiger partial charge < -0.3 is 14.8 Å². The number of ether oxygens (including phenoxy) is 2. The van der Waals surface area contributed by atoms with Gasteiger partial charge in [-0.05, 0) is 44.3 Å². The molecule has 1 aliphatic heterocycles. The fourth-order valence-electron chi connectivity index (χ4n) is 2.76. The lowest BCUT2D eigenvalue weighted by molar-refractivity contribution is -0.117. The van der Waals surface area contributed by atoms with E-state index >= 15 is 0 Å². The van der Waals surface area contributed by atoms with E-state index in [1.165, 1.54) is 0 Å². The Kier molecular flexibility index (Phi) is 5.37. The van der Waals surface area contributed by atoms with E-state index in [0.717, 1.165) is 18.2 Å². The average molecular weight is 362 g/mol. The Hall–Kier alpha value is -2.67. The van der Waals surface area contributed by atoms with Gasteiger partial charge in [0.15, 0.2) is 11.5 Å². The van der Waals surface area contributed by atoms with Gasteiger partial charge in [0.25, 0.3) is 0 Å². The Bertz CT molecular complexity index is 813. The second kappa shape index (κ2) is 7.70. The van der Waals surface area contributed by atoms with Crippen LogP contribution in [0.15, 0.2) is 36.4 Å². The number of anilines is 1. The summed E-state index contributed by atoms with van der Waals surface area (Å²) in [6.07, 6.45) is 0. The zero-order chi connectivity index (χ0) is 18.7. The second-order valence-corrected chi connectivity index (χ2v) is 6.16.